The van der Waals surface area contributed by atoms with E-state index in [1.54, 1.807) is 0 Å². The zero-order valence-electron chi connectivity index (χ0n) is 19.6. The van der Waals surface area contributed by atoms with Gasteiger partial charge >= 0.3 is 0 Å². The van der Waals surface area contributed by atoms with Gasteiger partial charge in [0.2, 0.25) is 5.78 Å². The van der Waals surface area contributed by atoms with Crippen molar-refractivity contribution >= 4 is 28.9 Å². The number of carbonyl (C=O) groups is 3. The van der Waals surface area contributed by atoms with E-state index < -0.39 is 63.3 Å². The number of Topliss-reactive ketones (excluding diaryl/α,β-unsaturated/α-hetero) is 2. The third kappa shape index (κ3) is 3.54. The molecule has 0 saturated heterocycles. The molecule has 38 heavy (non-hydrogen) atoms. The molecule has 6 N–H and O–H groups in total. The van der Waals surface area contributed by atoms with E-state index in [1.165, 1.54) is 36.4 Å². The summed E-state index contributed by atoms with van der Waals surface area (Å²) in [5, 5.41) is 54.4. The number of aliphatic hydroxyl groups is 3. The number of phenols is 1. The van der Waals surface area contributed by atoms with Crippen LogP contribution in [0.4, 0.5) is 5.69 Å². The summed E-state index contributed by atoms with van der Waals surface area (Å²) in [7, 11) is 0. The molecule has 1 saturated carbocycles. The monoisotopic (exact) mass is 516 g/mol. The Morgan fingerprint density at radius 3 is 2.37 bits per heavy atom. The number of aromatic hydroxyl groups is 1. The molecular formula is C27H20N2O9. The summed E-state index contributed by atoms with van der Waals surface area (Å²) in [5.41, 5.74) is 2.66. The highest BCUT2D eigenvalue weighted by Crippen LogP contribution is 2.52. The second kappa shape index (κ2) is 8.57. The van der Waals surface area contributed by atoms with E-state index in [9.17, 15) is 44.9 Å². The van der Waals surface area contributed by atoms with Gasteiger partial charge in [0, 0.05) is 41.2 Å². The molecule has 0 aromatic heterocycles. The molecule has 0 heterocycles. The third-order valence-corrected chi connectivity index (χ3v) is 7.37. The Morgan fingerprint density at radius 2 is 1.74 bits per heavy atom. The van der Waals surface area contributed by atoms with Gasteiger partial charge in [0.05, 0.1) is 10.5 Å². The Bertz CT molecular complexity index is 1590. The van der Waals surface area contributed by atoms with Crippen molar-refractivity contribution in [1.29, 1.82) is 0 Å². The van der Waals surface area contributed by atoms with Gasteiger partial charge in [-0.3, -0.25) is 24.5 Å². The van der Waals surface area contributed by atoms with Gasteiger partial charge in [0.1, 0.15) is 22.8 Å². The largest absolute Gasteiger partial charge is 0.508 e. The number of rotatable bonds is 2. The fourth-order valence-electron chi connectivity index (χ4n) is 5.54. The van der Waals surface area contributed by atoms with Crippen molar-refractivity contribution in [2.45, 2.75) is 24.9 Å². The van der Waals surface area contributed by atoms with Gasteiger partial charge in [-0.25, -0.2) is 0 Å². The van der Waals surface area contributed by atoms with Crippen LogP contribution in [0.1, 0.15) is 35.1 Å². The number of benzene rings is 2. The lowest BCUT2D eigenvalue weighted by molar-refractivity contribution is -0.384. The van der Waals surface area contributed by atoms with E-state index in [4.69, 9.17) is 5.73 Å². The normalized spacial score (nSPS) is 24.1. The molecule has 1 fully saturated rings. The van der Waals surface area contributed by atoms with Crippen LogP contribution in [0.5, 0.6) is 5.75 Å². The van der Waals surface area contributed by atoms with Crippen LogP contribution in [-0.2, 0) is 20.8 Å². The number of nitrogens with zero attached hydrogens (tertiary/aromatic N) is 1. The lowest BCUT2D eigenvalue weighted by Crippen LogP contribution is -2.58. The maximum Gasteiger partial charge on any atom is 0.269 e. The minimum Gasteiger partial charge on any atom is -0.508 e. The van der Waals surface area contributed by atoms with Gasteiger partial charge in [0.15, 0.2) is 11.4 Å². The summed E-state index contributed by atoms with van der Waals surface area (Å²) in [4.78, 5) is 48.0. The van der Waals surface area contributed by atoms with Crippen LogP contribution in [0.15, 0.2) is 53.3 Å². The number of nitro benzene ring substituents is 1. The van der Waals surface area contributed by atoms with Gasteiger partial charge in [-0.05, 0) is 48.6 Å². The maximum absolute atomic E-state index is 13.5. The van der Waals surface area contributed by atoms with Gasteiger partial charge in [-0.15, -0.1) is 0 Å². The first-order valence-electron chi connectivity index (χ1n) is 11.5. The molecule has 3 atom stereocenters. The van der Waals surface area contributed by atoms with Gasteiger partial charge in [-0.2, -0.15) is 0 Å². The van der Waals surface area contributed by atoms with Crippen LogP contribution in [0.25, 0.3) is 5.76 Å². The van der Waals surface area contributed by atoms with Crippen molar-refractivity contribution in [2.24, 2.45) is 17.6 Å². The number of aliphatic hydroxyl groups excluding tert-OH is 2. The summed E-state index contributed by atoms with van der Waals surface area (Å²) in [6, 6.07) is 8.39. The van der Waals surface area contributed by atoms with Crippen molar-refractivity contribution in [3.8, 4) is 17.6 Å². The minimum atomic E-state index is -2.63. The predicted octanol–water partition coefficient (Wildman–Crippen LogP) is 1.73. The number of fused-ring (bicyclic) bond motifs is 3. The number of ketones is 2. The number of primary amides is 1. The van der Waals surface area contributed by atoms with E-state index in [1.807, 2.05) is 0 Å². The van der Waals surface area contributed by atoms with Crippen molar-refractivity contribution in [2.75, 3.05) is 0 Å². The van der Waals surface area contributed by atoms with Gasteiger partial charge < -0.3 is 26.2 Å². The molecule has 3 aliphatic rings. The van der Waals surface area contributed by atoms with Crippen molar-refractivity contribution in [1.82, 2.24) is 0 Å². The number of carbonyl (C=O) groups excluding carboxylic acids is 3. The lowest BCUT2D eigenvalue weighted by Gasteiger charge is -2.46. The molecule has 1 amide bonds. The van der Waals surface area contributed by atoms with E-state index >= 15 is 0 Å². The summed E-state index contributed by atoms with van der Waals surface area (Å²) in [6.45, 7) is 0. The Morgan fingerprint density at radius 1 is 1.05 bits per heavy atom. The molecule has 2 aromatic carbocycles. The van der Waals surface area contributed by atoms with Crippen LogP contribution in [0, 0.1) is 33.8 Å². The quantitative estimate of drug-likeness (QED) is 0.170. The average Bonchev–Trinajstić information content (AvgIpc) is 2.85. The van der Waals surface area contributed by atoms with E-state index in [0.717, 1.165) is 0 Å². The highest BCUT2D eigenvalue weighted by atomic mass is 16.6. The molecular weight excluding hydrogens is 496 g/mol. The molecule has 0 bridgehead atoms. The number of non-ortho nitro benzene ring substituents is 1. The van der Waals surface area contributed by atoms with Crippen molar-refractivity contribution < 1.29 is 39.7 Å². The first-order valence-corrected chi connectivity index (χ1v) is 11.5. The van der Waals surface area contributed by atoms with Crippen molar-refractivity contribution in [3.05, 3.63) is 85.7 Å². The van der Waals surface area contributed by atoms with E-state index in [-0.39, 0.29) is 35.4 Å². The fraction of sp³-hybridized carbons (Fsp3) is 0.222. The number of amides is 1. The zero-order valence-corrected chi connectivity index (χ0v) is 19.6. The molecule has 0 spiro atoms. The predicted molar refractivity (Wildman–Crippen MR) is 130 cm³/mol. The topological polar surface area (TPSA) is 201 Å². The first-order chi connectivity index (χ1) is 17.9. The fourth-order valence-corrected chi connectivity index (χ4v) is 5.54. The number of hydrogen-bond donors (Lipinski definition) is 5. The van der Waals surface area contributed by atoms with Crippen LogP contribution < -0.4 is 5.73 Å². The summed E-state index contributed by atoms with van der Waals surface area (Å²) in [6.07, 6.45) is -0.282. The molecule has 3 unspecified atom stereocenters. The summed E-state index contributed by atoms with van der Waals surface area (Å²) < 4.78 is 0. The van der Waals surface area contributed by atoms with Gasteiger partial charge in [-0.1, -0.05) is 11.8 Å². The Kier molecular flexibility index (Phi) is 5.58. The minimum absolute atomic E-state index is 0.00773. The lowest BCUT2D eigenvalue weighted by atomic mass is 9.59. The average molecular weight is 516 g/mol. The van der Waals surface area contributed by atoms with Gasteiger partial charge in [0.25, 0.3) is 11.6 Å². The molecule has 11 nitrogen and oxygen atoms in total. The van der Waals surface area contributed by atoms with Crippen molar-refractivity contribution in [3.63, 3.8) is 0 Å². The summed E-state index contributed by atoms with van der Waals surface area (Å²) in [5.74, 6) is -1.16. The SMILES string of the molecule is NC(=O)C1=C(O)C2(O)C(=O)C3=C(O)c4c(O)ccc(C#Cc5ccc([N+](=O)[O-])cc5)c4CC3CC2CC1=O. The number of nitrogens with two attached hydrogens (primary N) is 1. The second-order valence-electron chi connectivity index (χ2n) is 9.45. The molecule has 2 aromatic rings. The highest BCUT2D eigenvalue weighted by molar-refractivity contribution is 6.22. The number of nitro groups is 1. The van der Waals surface area contributed by atoms with E-state index in [0.29, 0.717) is 16.7 Å². The number of phenolic OH excluding ortho intramolecular Hbond substituents is 1. The van der Waals surface area contributed by atoms with Crippen LogP contribution in [-0.4, -0.2) is 48.4 Å². The smallest absolute Gasteiger partial charge is 0.269 e. The Labute approximate surface area is 214 Å². The van der Waals surface area contributed by atoms with Crippen LogP contribution in [0.2, 0.25) is 0 Å². The molecule has 192 valence electrons. The standard InChI is InChI=1S/C27H20N2O9/c28-26(35)22-19(31)11-15-9-14-10-17-13(4-1-12-2-6-16(7-3-12)29(37)38)5-8-18(30)21(17)23(32)20(14)24(33)27(15,36)25(22)34/h2-3,5-8,14-15,30,32,34,36H,9-11H2,(H2,28,35). The molecule has 3 aliphatic carbocycles. The molecule has 11 heteroatoms. The zero-order chi connectivity index (χ0) is 27.5. The first kappa shape index (κ1) is 24.7. The molecule has 5 rings (SSSR count). The number of hydrogen-bond acceptors (Lipinski definition) is 9. The highest BCUT2D eigenvalue weighted by Gasteiger charge is 2.60. The second-order valence-corrected chi connectivity index (χ2v) is 9.45. The molecule has 0 radical (unpaired) electrons. The Hall–Kier alpha value is -4.95. The van der Waals surface area contributed by atoms with Crippen LogP contribution >= 0.6 is 0 Å². The Balaban J connectivity index is 1.60. The molecule has 0 aliphatic heterocycles. The van der Waals surface area contributed by atoms with E-state index in [2.05, 4.69) is 11.8 Å². The van der Waals surface area contributed by atoms with Crippen LogP contribution in [0.3, 0.4) is 0 Å². The summed E-state index contributed by atoms with van der Waals surface area (Å²) >= 11 is 0. The maximum atomic E-state index is 13.5. The third-order valence-electron chi connectivity index (χ3n) is 7.37.